The number of rotatable bonds is 3. The molecular formula is C12H20N6O. The van der Waals surface area contributed by atoms with Crippen LogP contribution in [0.5, 0.6) is 0 Å². The van der Waals surface area contributed by atoms with E-state index in [9.17, 15) is 0 Å². The van der Waals surface area contributed by atoms with Gasteiger partial charge in [-0.05, 0) is 5.92 Å². The smallest absolute Gasteiger partial charge is 0.232 e. The van der Waals surface area contributed by atoms with Crippen LogP contribution in [0.3, 0.4) is 0 Å². The number of aromatic nitrogens is 5. The number of nitrogen functional groups attached to an aromatic ring is 1. The van der Waals surface area contributed by atoms with Crippen molar-refractivity contribution >= 4 is 5.82 Å². The van der Waals surface area contributed by atoms with Gasteiger partial charge in [0.15, 0.2) is 11.6 Å². The highest BCUT2D eigenvalue weighted by molar-refractivity contribution is 5.35. The van der Waals surface area contributed by atoms with Gasteiger partial charge >= 0.3 is 0 Å². The van der Waals surface area contributed by atoms with Crippen LogP contribution < -0.4 is 5.73 Å². The van der Waals surface area contributed by atoms with Crippen molar-refractivity contribution in [3.63, 3.8) is 0 Å². The molecule has 7 nitrogen and oxygen atoms in total. The van der Waals surface area contributed by atoms with E-state index in [2.05, 4.69) is 20.5 Å². The molecule has 0 bridgehead atoms. The maximum absolute atomic E-state index is 5.81. The second kappa shape index (κ2) is 4.64. The molecule has 0 saturated carbocycles. The first-order chi connectivity index (χ1) is 8.79. The molecule has 2 aromatic heterocycles. The fourth-order valence-corrected chi connectivity index (χ4v) is 1.80. The van der Waals surface area contributed by atoms with Gasteiger partial charge in [-0.15, -0.1) is 5.10 Å². The lowest BCUT2D eigenvalue weighted by molar-refractivity contribution is 0.317. The minimum Gasteiger partial charge on any atom is -0.381 e. The topological polar surface area (TPSA) is 95.7 Å². The summed E-state index contributed by atoms with van der Waals surface area (Å²) in [6, 6.07) is 0. The maximum Gasteiger partial charge on any atom is 0.232 e. The van der Waals surface area contributed by atoms with Crippen LogP contribution in [0.25, 0.3) is 0 Å². The number of anilines is 1. The van der Waals surface area contributed by atoms with Gasteiger partial charge in [0.2, 0.25) is 5.89 Å². The average Bonchev–Trinajstić information content (AvgIpc) is 2.85. The first-order valence-corrected chi connectivity index (χ1v) is 6.31. The van der Waals surface area contributed by atoms with E-state index in [0.717, 1.165) is 5.69 Å². The zero-order valence-electron chi connectivity index (χ0n) is 12.0. The highest BCUT2D eigenvalue weighted by atomic mass is 16.5. The molecule has 19 heavy (non-hydrogen) atoms. The number of hydrogen-bond donors (Lipinski definition) is 1. The summed E-state index contributed by atoms with van der Waals surface area (Å²) in [6.45, 7) is 10.6. The third kappa shape index (κ3) is 2.74. The Bertz CT molecular complexity index is 563. The molecule has 2 rings (SSSR count). The second-order valence-corrected chi connectivity index (χ2v) is 5.94. The molecule has 0 saturated heterocycles. The Balaban J connectivity index is 2.25. The lowest BCUT2D eigenvalue weighted by atomic mass is 9.97. The van der Waals surface area contributed by atoms with Crippen LogP contribution in [0.4, 0.5) is 5.82 Å². The van der Waals surface area contributed by atoms with Crippen LogP contribution >= 0.6 is 0 Å². The highest BCUT2D eigenvalue weighted by Gasteiger charge is 2.22. The van der Waals surface area contributed by atoms with Crippen molar-refractivity contribution in [1.29, 1.82) is 0 Å². The number of hydrogen-bond acceptors (Lipinski definition) is 6. The van der Waals surface area contributed by atoms with E-state index < -0.39 is 0 Å². The molecule has 0 unspecified atom stereocenters. The number of nitrogens with two attached hydrogens (primary N) is 1. The van der Waals surface area contributed by atoms with Gasteiger partial charge in [-0.3, -0.25) is 0 Å². The Kier molecular flexibility index (Phi) is 3.30. The zero-order chi connectivity index (χ0) is 14.2. The number of nitrogens with zero attached hydrogens (tertiary/aromatic N) is 5. The molecule has 0 aliphatic heterocycles. The third-order valence-electron chi connectivity index (χ3n) is 2.75. The van der Waals surface area contributed by atoms with Crippen molar-refractivity contribution in [3.8, 4) is 0 Å². The Labute approximate surface area is 112 Å². The fourth-order valence-electron chi connectivity index (χ4n) is 1.80. The predicted octanol–water partition coefficient (Wildman–Crippen LogP) is 1.71. The fraction of sp³-hybridized carbons (Fsp3) is 0.667. The average molecular weight is 264 g/mol. The molecule has 7 heteroatoms. The van der Waals surface area contributed by atoms with E-state index in [4.69, 9.17) is 10.3 Å². The van der Waals surface area contributed by atoms with Gasteiger partial charge in [0.1, 0.15) is 6.54 Å². The lowest BCUT2D eigenvalue weighted by Crippen LogP contribution is -2.13. The van der Waals surface area contributed by atoms with E-state index in [1.807, 2.05) is 34.6 Å². The van der Waals surface area contributed by atoms with Gasteiger partial charge in [0.25, 0.3) is 0 Å². The summed E-state index contributed by atoms with van der Waals surface area (Å²) in [5, 5.41) is 11.9. The van der Waals surface area contributed by atoms with Crippen LogP contribution in [0, 0.1) is 0 Å². The predicted molar refractivity (Wildman–Crippen MR) is 70.6 cm³/mol. The van der Waals surface area contributed by atoms with Crippen molar-refractivity contribution in [3.05, 3.63) is 17.4 Å². The van der Waals surface area contributed by atoms with Crippen molar-refractivity contribution in [2.75, 3.05) is 5.73 Å². The summed E-state index contributed by atoms with van der Waals surface area (Å²) in [5.41, 5.74) is 6.54. The molecule has 0 aromatic carbocycles. The van der Waals surface area contributed by atoms with Crippen molar-refractivity contribution < 1.29 is 4.52 Å². The monoisotopic (exact) mass is 264 g/mol. The van der Waals surface area contributed by atoms with Crippen LogP contribution in [0.1, 0.15) is 57.9 Å². The third-order valence-corrected chi connectivity index (χ3v) is 2.75. The molecule has 0 spiro atoms. The quantitative estimate of drug-likeness (QED) is 0.906. The summed E-state index contributed by atoms with van der Waals surface area (Å²) in [7, 11) is 0. The molecule has 0 aliphatic rings. The van der Waals surface area contributed by atoms with Gasteiger partial charge in [0.05, 0.1) is 5.69 Å². The van der Waals surface area contributed by atoms with Gasteiger partial charge in [-0.2, -0.15) is 4.98 Å². The Morgan fingerprint density at radius 3 is 2.53 bits per heavy atom. The summed E-state index contributed by atoms with van der Waals surface area (Å²) >= 11 is 0. The summed E-state index contributed by atoms with van der Waals surface area (Å²) in [4.78, 5) is 4.38. The second-order valence-electron chi connectivity index (χ2n) is 5.94. The van der Waals surface area contributed by atoms with Gasteiger partial charge in [-0.25, -0.2) is 4.68 Å². The molecule has 0 fully saturated rings. The SMILES string of the molecule is CC(C)c1c(N)nnn1Cc1noc(C(C)(C)C)n1. The van der Waals surface area contributed by atoms with E-state index >= 15 is 0 Å². The van der Waals surface area contributed by atoms with Crippen LogP contribution in [0.15, 0.2) is 4.52 Å². The van der Waals surface area contributed by atoms with Crippen LogP contribution in [0.2, 0.25) is 0 Å². The van der Waals surface area contributed by atoms with Crippen LogP contribution in [-0.2, 0) is 12.0 Å². The molecular weight excluding hydrogens is 244 g/mol. The molecule has 2 aromatic rings. The van der Waals surface area contributed by atoms with E-state index in [0.29, 0.717) is 24.1 Å². The molecule has 0 radical (unpaired) electrons. The van der Waals surface area contributed by atoms with Crippen molar-refractivity contribution in [2.24, 2.45) is 0 Å². The van der Waals surface area contributed by atoms with E-state index in [1.165, 1.54) is 0 Å². The van der Waals surface area contributed by atoms with E-state index in [-0.39, 0.29) is 11.3 Å². The Morgan fingerprint density at radius 2 is 2.00 bits per heavy atom. The zero-order valence-corrected chi connectivity index (χ0v) is 12.0. The largest absolute Gasteiger partial charge is 0.381 e. The van der Waals surface area contributed by atoms with Crippen molar-refractivity contribution in [2.45, 2.75) is 52.5 Å². The highest BCUT2D eigenvalue weighted by Crippen LogP contribution is 2.22. The van der Waals surface area contributed by atoms with Gasteiger partial charge in [-0.1, -0.05) is 45.0 Å². The minimum atomic E-state index is -0.159. The van der Waals surface area contributed by atoms with Crippen LogP contribution in [-0.4, -0.2) is 25.1 Å². The molecule has 2 heterocycles. The minimum absolute atomic E-state index is 0.159. The molecule has 0 atom stereocenters. The standard InChI is InChI=1S/C12H20N6O/c1-7(2)9-10(13)15-17-18(9)6-8-14-11(19-16-8)12(3,4)5/h7H,6,13H2,1-5H3. The first-order valence-electron chi connectivity index (χ1n) is 6.31. The van der Waals surface area contributed by atoms with E-state index in [1.54, 1.807) is 4.68 Å². The lowest BCUT2D eigenvalue weighted by Gasteiger charge is -2.10. The van der Waals surface area contributed by atoms with Crippen molar-refractivity contribution in [1.82, 2.24) is 25.1 Å². The van der Waals surface area contributed by atoms with Gasteiger partial charge in [0, 0.05) is 5.41 Å². The van der Waals surface area contributed by atoms with Gasteiger partial charge < -0.3 is 10.3 Å². The summed E-state index contributed by atoms with van der Waals surface area (Å²) in [6.07, 6.45) is 0. The Hall–Kier alpha value is -1.92. The Morgan fingerprint density at radius 1 is 1.32 bits per heavy atom. The summed E-state index contributed by atoms with van der Waals surface area (Å²) in [5.74, 6) is 1.89. The molecule has 0 aliphatic carbocycles. The molecule has 0 amide bonds. The molecule has 2 N–H and O–H groups in total. The normalized spacial score (nSPS) is 12.3. The maximum atomic E-state index is 5.81. The molecule has 104 valence electrons. The first kappa shape index (κ1) is 13.5. The summed E-state index contributed by atoms with van der Waals surface area (Å²) < 4.78 is 6.97.